The molecule has 0 aliphatic carbocycles. The van der Waals surface area contributed by atoms with Crippen molar-refractivity contribution in [2.75, 3.05) is 6.79 Å². The van der Waals surface area contributed by atoms with Crippen LogP contribution in [-0.4, -0.2) is 17.0 Å². The van der Waals surface area contributed by atoms with Crippen LogP contribution in [0.25, 0.3) is 0 Å². The summed E-state index contributed by atoms with van der Waals surface area (Å²) in [6.45, 7) is 4.41. The number of aryl methyl sites for hydroxylation is 2. The maximum Gasteiger partial charge on any atom is 0.233 e. The molecule has 2 aromatic rings. The highest BCUT2D eigenvalue weighted by Gasteiger charge is 2.18. The molecule has 1 aliphatic heterocycles. The van der Waals surface area contributed by atoms with Gasteiger partial charge >= 0.3 is 0 Å². The topological polar surface area (TPSA) is 53.5 Å². The van der Waals surface area contributed by atoms with E-state index >= 15 is 0 Å². The van der Waals surface area contributed by atoms with E-state index in [0.29, 0.717) is 29.0 Å². The molecular weight excluding hydrogens is 280 g/mol. The van der Waals surface area contributed by atoms with E-state index in [1.54, 1.807) is 6.07 Å². The number of rotatable bonds is 3. The van der Waals surface area contributed by atoms with Gasteiger partial charge in [0.2, 0.25) is 12.7 Å². The van der Waals surface area contributed by atoms with Gasteiger partial charge in [0.15, 0.2) is 11.5 Å². The Morgan fingerprint density at radius 3 is 2.85 bits per heavy atom. The fourth-order valence-corrected chi connectivity index (χ4v) is 2.14. The van der Waals surface area contributed by atoms with Crippen LogP contribution in [0.4, 0.5) is 0 Å². The molecule has 6 heteroatoms. The summed E-state index contributed by atoms with van der Waals surface area (Å²) in [5, 5.41) is 8.53. The maximum absolute atomic E-state index is 6.11. The van der Waals surface area contributed by atoms with Gasteiger partial charge in [-0.3, -0.25) is 0 Å². The first-order valence-electron chi connectivity index (χ1n) is 6.15. The third-order valence-electron chi connectivity index (χ3n) is 3.08. The highest BCUT2D eigenvalue weighted by molar-refractivity contribution is 6.32. The predicted octanol–water partition coefficient (Wildman–Crippen LogP) is 3.05. The molecule has 1 aliphatic rings. The molecule has 2 heterocycles. The summed E-state index contributed by atoms with van der Waals surface area (Å²) in [6, 6.07) is 5.50. The van der Waals surface area contributed by atoms with E-state index in [9.17, 15) is 0 Å². The Labute approximate surface area is 121 Å². The summed E-state index contributed by atoms with van der Waals surface area (Å²) in [5.74, 6) is 1.71. The summed E-state index contributed by atoms with van der Waals surface area (Å²) < 4.78 is 16.2. The largest absolute Gasteiger partial charge is 0.472 e. The Balaban J connectivity index is 1.75. The second-order valence-corrected chi connectivity index (χ2v) is 4.96. The van der Waals surface area contributed by atoms with Gasteiger partial charge in [-0.1, -0.05) is 11.6 Å². The minimum Gasteiger partial charge on any atom is -0.472 e. The van der Waals surface area contributed by atoms with Crippen molar-refractivity contribution >= 4 is 11.6 Å². The zero-order chi connectivity index (χ0) is 14.1. The van der Waals surface area contributed by atoms with Crippen LogP contribution < -0.4 is 14.2 Å². The van der Waals surface area contributed by atoms with Crippen LogP contribution in [0, 0.1) is 13.8 Å². The molecule has 0 saturated carbocycles. The van der Waals surface area contributed by atoms with Gasteiger partial charge in [-0.05, 0) is 37.1 Å². The minimum atomic E-state index is 0.196. The van der Waals surface area contributed by atoms with Gasteiger partial charge in [-0.25, -0.2) is 0 Å². The summed E-state index contributed by atoms with van der Waals surface area (Å²) in [4.78, 5) is 0. The molecule has 0 N–H and O–H groups in total. The zero-order valence-electron chi connectivity index (χ0n) is 11.1. The van der Waals surface area contributed by atoms with Gasteiger partial charge < -0.3 is 14.2 Å². The Morgan fingerprint density at radius 1 is 1.20 bits per heavy atom. The fraction of sp³-hybridized carbons (Fsp3) is 0.286. The number of ether oxygens (including phenoxy) is 3. The zero-order valence-corrected chi connectivity index (χ0v) is 11.9. The highest BCUT2D eigenvalue weighted by atomic mass is 35.5. The van der Waals surface area contributed by atoms with Crippen molar-refractivity contribution in [2.24, 2.45) is 0 Å². The van der Waals surface area contributed by atoms with Crippen molar-refractivity contribution in [3.05, 3.63) is 40.0 Å². The van der Waals surface area contributed by atoms with E-state index in [-0.39, 0.29) is 6.79 Å². The molecule has 104 valence electrons. The number of benzene rings is 1. The number of nitrogens with zero attached hydrogens (tertiary/aromatic N) is 2. The van der Waals surface area contributed by atoms with E-state index in [2.05, 4.69) is 10.2 Å². The second kappa shape index (κ2) is 5.17. The standard InChI is InChI=1S/C14H13ClN2O3/c1-8-3-13(17-16-9(8)2)18-6-10-4-11(15)14-12(5-10)19-7-20-14/h3-5H,6-7H2,1-2H3. The SMILES string of the molecule is Cc1cc(OCc2cc(Cl)c3c(c2)OCO3)nnc1C. The lowest BCUT2D eigenvalue weighted by Crippen LogP contribution is -2.00. The predicted molar refractivity (Wildman–Crippen MR) is 73.4 cm³/mol. The lowest BCUT2D eigenvalue weighted by atomic mass is 10.2. The Bertz CT molecular complexity index is 661. The van der Waals surface area contributed by atoms with E-state index in [0.717, 1.165) is 16.8 Å². The molecule has 1 aromatic carbocycles. The lowest BCUT2D eigenvalue weighted by Gasteiger charge is -2.08. The molecule has 1 aromatic heterocycles. The van der Waals surface area contributed by atoms with Crippen molar-refractivity contribution in [1.29, 1.82) is 0 Å². The Morgan fingerprint density at radius 2 is 2.05 bits per heavy atom. The molecule has 0 unspecified atom stereocenters. The molecule has 3 rings (SSSR count). The van der Waals surface area contributed by atoms with Crippen LogP contribution in [0.15, 0.2) is 18.2 Å². The van der Waals surface area contributed by atoms with Crippen molar-refractivity contribution < 1.29 is 14.2 Å². The molecule has 20 heavy (non-hydrogen) atoms. The average molecular weight is 293 g/mol. The van der Waals surface area contributed by atoms with Crippen LogP contribution in [0.5, 0.6) is 17.4 Å². The van der Waals surface area contributed by atoms with Gasteiger partial charge in [-0.15, -0.1) is 5.10 Å². The smallest absolute Gasteiger partial charge is 0.233 e. The van der Waals surface area contributed by atoms with E-state index < -0.39 is 0 Å². The summed E-state index contributed by atoms with van der Waals surface area (Å²) >= 11 is 6.11. The fourth-order valence-electron chi connectivity index (χ4n) is 1.85. The van der Waals surface area contributed by atoms with Gasteiger partial charge in [-0.2, -0.15) is 5.10 Å². The maximum atomic E-state index is 6.11. The summed E-state index contributed by atoms with van der Waals surface area (Å²) in [7, 11) is 0. The number of hydrogen-bond acceptors (Lipinski definition) is 5. The second-order valence-electron chi connectivity index (χ2n) is 4.55. The van der Waals surface area contributed by atoms with Gasteiger partial charge in [0, 0.05) is 6.07 Å². The quantitative estimate of drug-likeness (QED) is 0.870. The third kappa shape index (κ3) is 2.49. The molecule has 0 bridgehead atoms. The molecule has 0 amide bonds. The van der Waals surface area contributed by atoms with E-state index in [4.69, 9.17) is 25.8 Å². The highest BCUT2D eigenvalue weighted by Crippen LogP contribution is 2.39. The van der Waals surface area contributed by atoms with E-state index in [1.165, 1.54) is 0 Å². The molecule has 5 nitrogen and oxygen atoms in total. The van der Waals surface area contributed by atoms with Crippen LogP contribution in [-0.2, 0) is 6.61 Å². The van der Waals surface area contributed by atoms with Gasteiger partial charge in [0.1, 0.15) is 6.61 Å². The van der Waals surface area contributed by atoms with Crippen molar-refractivity contribution in [3.8, 4) is 17.4 Å². The normalized spacial score (nSPS) is 12.6. The number of hydrogen-bond donors (Lipinski definition) is 0. The Hall–Kier alpha value is -2.01. The molecule has 0 fully saturated rings. The number of aromatic nitrogens is 2. The molecule has 0 atom stereocenters. The summed E-state index contributed by atoms with van der Waals surface area (Å²) in [5.41, 5.74) is 2.82. The molecule has 0 saturated heterocycles. The first-order valence-corrected chi connectivity index (χ1v) is 6.53. The number of halogens is 1. The molecule has 0 spiro atoms. The first kappa shape index (κ1) is 13.0. The van der Waals surface area contributed by atoms with Gasteiger partial charge in [0.25, 0.3) is 0 Å². The lowest BCUT2D eigenvalue weighted by molar-refractivity contribution is 0.174. The van der Waals surface area contributed by atoms with Crippen LogP contribution in [0.2, 0.25) is 5.02 Å². The van der Waals surface area contributed by atoms with Crippen molar-refractivity contribution in [2.45, 2.75) is 20.5 Å². The summed E-state index contributed by atoms with van der Waals surface area (Å²) in [6.07, 6.45) is 0. The molecule has 0 radical (unpaired) electrons. The van der Waals surface area contributed by atoms with Crippen LogP contribution in [0.1, 0.15) is 16.8 Å². The minimum absolute atomic E-state index is 0.196. The first-order chi connectivity index (χ1) is 9.63. The van der Waals surface area contributed by atoms with Crippen molar-refractivity contribution in [1.82, 2.24) is 10.2 Å². The Kier molecular flexibility index (Phi) is 3.36. The number of fused-ring (bicyclic) bond motifs is 1. The van der Waals surface area contributed by atoms with Crippen LogP contribution in [0.3, 0.4) is 0 Å². The third-order valence-corrected chi connectivity index (χ3v) is 3.36. The van der Waals surface area contributed by atoms with Gasteiger partial charge in [0.05, 0.1) is 10.7 Å². The average Bonchev–Trinajstić information content (AvgIpc) is 2.89. The van der Waals surface area contributed by atoms with Crippen LogP contribution >= 0.6 is 11.6 Å². The monoisotopic (exact) mass is 292 g/mol. The molecular formula is C14H13ClN2O3. The van der Waals surface area contributed by atoms with E-state index in [1.807, 2.05) is 26.0 Å². The van der Waals surface area contributed by atoms with Crippen molar-refractivity contribution in [3.63, 3.8) is 0 Å².